The second kappa shape index (κ2) is 9.96. The molecule has 0 aromatic heterocycles. The number of hydrogen-bond acceptors (Lipinski definition) is 5. The van der Waals surface area contributed by atoms with E-state index in [4.69, 9.17) is 9.47 Å². The molecule has 2 aromatic rings. The van der Waals surface area contributed by atoms with Crippen molar-refractivity contribution in [2.75, 3.05) is 33.4 Å². The summed E-state index contributed by atoms with van der Waals surface area (Å²) in [5.41, 5.74) is 2.44. The third kappa shape index (κ3) is 6.21. The van der Waals surface area contributed by atoms with Crippen LogP contribution in [0.5, 0.6) is 11.5 Å². The standard InChI is InChI=1S/C24H32N2O4/c1-18-5-8-22(13-19(18)2)30-17-24(28)11-4-12-26(16-24)15-23(27)25-14-20-6-9-21(29-3)10-7-20/h5-10,13,28H,4,11-12,14-17H2,1-3H3,(H,25,27). The van der Waals surface area contributed by atoms with Crippen LogP contribution in [-0.2, 0) is 11.3 Å². The summed E-state index contributed by atoms with van der Waals surface area (Å²) in [6.07, 6.45) is 1.50. The quantitative estimate of drug-likeness (QED) is 0.698. The maximum atomic E-state index is 12.4. The van der Waals surface area contributed by atoms with Crippen LogP contribution >= 0.6 is 0 Å². The van der Waals surface area contributed by atoms with Crippen molar-refractivity contribution in [3.63, 3.8) is 0 Å². The number of aliphatic hydroxyl groups is 1. The van der Waals surface area contributed by atoms with E-state index in [0.29, 0.717) is 19.5 Å². The number of methoxy groups -OCH3 is 1. The molecule has 1 saturated heterocycles. The first-order chi connectivity index (χ1) is 14.4. The molecule has 0 saturated carbocycles. The van der Waals surface area contributed by atoms with Crippen molar-refractivity contribution in [2.24, 2.45) is 0 Å². The Morgan fingerprint density at radius 2 is 1.87 bits per heavy atom. The van der Waals surface area contributed by atoms with Crippen LogP contribution in [0, 0.1) is 13.8 Å². The molecular weight excluding hydrogens is 380 g/mol. The molecule has 1 heterocycles. The molecule has 162 valence electrons. The van der Waals surface area contributed by atoms with Crippen LogP contribution in [0.2, 0.25) is 0 Å². The molecule has 6 nitrogen and oxygen atoms in total. The van der Waals surface area contributed by atoms with Crippen molar-refractivity contribution in [1.82, 2.24) is 10.2 Å². The fourth-order valence-electron chi connectivity index (χ4n) is 3.68. The lowest BCUT2D eigenvalue weighted by molar-refractivity contribution is -0.124. The lowest BCUT2D eigenvalue weighted by Gasteiger charge is -2.38. The summed E-state index contributed by atoms with van der Waals surface area (Å²) in [7, 11) is 1.63. The zero-order chi connectivity index (χ0) is 21.6. The second-order valence-electron chi connectivity index (χ2n) is 8.20. The van der Waals surface area contributed by atoms with Gasteiger partial charge in [-0.2, -0.15) is 0 Å². The molecule has 0 aliphatic carbocycles. The zero-order valence-electron chi connectivity index (χ0n) is 18.1. The predicted molar refractivity (Wildman–Crippen MR) is 117 cm³/mol. The number of rotatable bonds is 8. The molecular formula is C24H32N2O4. The minimum Gasteiger partial charge on any atom is -0.497 e. The highest BCUT2D eigenvalue weighted by Gasteiger charge is 2.34. The summed E-state index contributed by atoms with van der Waals surface area (Å²) in [4.78, 5) is 14.4. The van der Waals surface area contributed by atoms with Crippen LogP contribution in [0.1, 0.15) is 29.5 Å². The molecule has 1 amide bonds. The van der Waals surface area contributed by atoms with Crippen LogP contribution < -0.4 is 14.8 Å². The SMILES string of the molecule is COc1ccc(CNC(=O)CN2CCCC(O)(COc3ccc(C)c(C)c3)C2)cc1. The van der Waals surface area contributed by atoms with E-state index in [1.165, 1.54) is 11.1 Å². The first kappa shape index (κ1) is 22.1. The van der Waals surface area contributed by atoms with Crippen molar-refractivity contribution >= 4 is 5.91 Å². The predicted octanol–water partition coefficient (Wildman–Crippen LogP) is 2.83. The molecule has 1 aliphatic heterocycles. The Kier molecular flexibility index (Phi) is 7.34. The Bertz CT molecular complexity index is 853. The van der Waals surface area contributed by atoms with E-state index in [1.54, 1.807) is 7.11 Å². The minimum atomic E-state index is -0.951. The molecule has 1 fully saturated rings. The molecule has 30 heavy (non-hydrogen) atoms. The monoisotopic (exact) mass is 412 g/mol. The number of carbonyl (C=O) groups is 1. The summed E-state index contributed by atoms with van der Waals surface area (Å²) < 4.78 is 11.0. The summed E-state index contributed by atoms with van der Waals surface area (Å²) in [5.74, 6) is 1.51. The van der Waals surface area contributed by atoms with E-state index in [9.17, 15) is 9.90 Å². The fraction of sp³-hybridized carbons (Fsp3) is 0.458. The van der Waals surface area contributed by atoms with Crippen LogP contribution in [0.4, 0.5) is 0 Å². The number of likely N-dealkylation sites (tertiary alicyclic amines) is 1. The Morgan fingerprint density at radius 1 is 1.13 bits per heavy atom. The number of piperidine rings is 1. The molecule has 0 radical (unpaired) electrons. The number of β-amino-alcohol motifs (C(OH)–C–C–N with tert-alkyl or cyclic N) is 1. The smallest absolute Gasteiger partial charge is 0.234 e. The molecule has 1 aliphatic rings. The van der Waals surface area contributed by atoms with E-state index in [1.807, 2.05) is 54.3 Å². The van der Waals surface area contributed by atoms with Gasteiger partial charge < -0.3 is 19.9 Å². The van der Waals surface area contributed by atoms with Crippen molar-refractivity contribution < 1.29 is 19.4 Å². The van der Waals surface area contributed by atoms with Gasteiger partial charge in [0.1, 0.15) is 23.7 Å². The highest BCUT2D eigenvalue weighted by Crippen LogP contribution is 2.24. The fourth-order valence-corrected chi connectivity index (χ4v) is 3.68. The Labute approximate surface area is 178 Å². The van der Waals surface area contributed by atoms with Crippen molar-refractivity contribution in [3.05, 3.63) is 59.2 Å². The van der Waals surface area contributed by atoms with Gasteiger partial charge in [0.15, 0.2) is 0 Å². The van der Waals surface area contributed by atoms with Gasteiger partial charge in [-0.1, -0.05) is 18.2 Å². The van der Waals surface area contributed by atoms with Gasteiger partial charge in [-0.15, -0.1) is 0 Å². The highest BCUT2D eigenvalue weighted by molar-refractivity contribution is 5.78. The van der Waals surface area contributed by atoms with Crippen molar-refractivity contribution in [3.8, 4) is 11.5 Å². The van der Waals surface area contributed by atoms with Crippen LogP contribution in [0.15, 0.2) is 42.5 Å². The van der Waals surface area contributed by atoms with Gasteiger partial charge in [0.2, 0.25) is 5.91 Å². The van der Waals surface area contributed by atoms with Gasteiger partial charge in [0.05, 0.1) is 13.7 Å². The number of hydrogen-bond donors (Lipinski definition) is 2. The normalized spacial score (nSPS) is 19.3. The van der Waals surface area contributed by atoms with Gasteiger partial charge in [-0.3, -0.25) is 9.69 Å². The average molecular weight is 413 g/mol. The largest absolute Gasteiger partial charge is 0.497 e. The summed E-state index contributed by atoms with van der Waals surface area (Å²) in [5, 5.41) is 13.9. The van der Waals surface area contributed by atoms with Crippen molar-refractivity contribution in [1.29, 1.82) is 0 Å². The average Bonchev–Trinajstić information content (AvgIpc) is 2.73. The van der Waals surface area contributed by atoms with Gasteiger partial charge in [-0.05, 0) is 74.2 Å². The number of nitrogens with one attached hydrogen (secondary N) is 1. The van der Waals surface area contributed by atoms with E-state index in [2.05, 4.69) is 12.2 Å². The van der Waals surface area contributed by atoms with Crippen LogP contribution in [0.25, 0.3) is 0 Å². The van der Waals surface area contributed by atoms with Gasteiger partial charge in [0, 0.05) is 13.1 Å². The topological polar surface area (TPSA) is 71.0 Å². The number of amides is 1. The molecule has 3 rings (SSSR count). The Morgan fingerprint density at radius 3 is 2.57 bits per heavy atom. The van der Waals surface area contributed by atoms with Crippen LogP contribution in [0.3, 0.4) is 0 Å². The first-order valence-corrected chi connectivity index (χ1v) is 10.4. The Balaban J connectivity index is 1.46. The molecule has 6 heteroatoms. The van der Waals surface area contributed by atoms with Gasteiger partial charge in [0.25, 0.3) is 0 Å². The van der Waals surface area contributed by atoms with E-state index >= 15 is 0 Å². The minimum absolute atomic E-state index is 0.0508. The summed E-state index contributed by atoms with van der Waals surface area (Å²) in [6, 6.07) is 13.6. The summed E-state index contributed by atoms with van der Waals surface area (Å²) >= 11 is 0. The molecule has 1 unspecified atom stereocenters. The van der Waals surface area contributed by atoms with Gasteiger partial charge in [-0.25, -0.2) is 0 Å². The third-order valence-electron chi connectivity index (χ3n) is 5.64. The Hall–Kier alpha value is -2.57. The molecule has 2 aromatic carbocycles. The van der Waals surface area contributed by atoms with Crippen molar-refractivity contribution in [2.45, 2.75) is 38.8 Å². The van der Waals surface area contributed by atoms with E-state index in [-0.39, 0.29) is 19.1 Å². The number of carbonyl (C=O) groups excluding carboxylic acids is 1. The van der Waals surface area contributed by atoms with E-state index in [0.717, 1.165) is 30.0 Å². The zero-order valence-corrected chi connectivity index (χ0v) is 18.1. The molecule has 0 bridgehead atoms. The first-order valence-electron chi connectivity index (χ1n) is 10.4. The number of ether oxygens (including phenoxy) is 2. The van der Waals surface area contributed by atoms with E-state index < -0.39 is 5.60 Å². The maximum absolute atomic E-state index is 12.4. The highest BCUT2D eigenvalue weighted by atomic mass is 16.5. The molecule has 0 spiro atoms. The van der Waals surface area contributed by atoms with Gasteiger partial charge >= 0.3 is 0 Å². The number of benzene rings is 2. The van der Waals surface area contributed by atoms with Crippen LogP contribution in [-0.4, -0.2) is 54.9 Å². The lowest BCUT2D eigenvalue weighted by atomic mass is 9.93. The molecule has 1 atom stereocenters. The maximum Gasteiger partial charge on any atom is 0.234 e. The second-order valence-corrected chi connectivity index (χ2v) is 8.20. The number of aryl methyl sites for hydroxylation is 2. The summed E-state index contributed by atoms with van der Waals surface area (Å²) in [6.45, 7) is 6.28. The third-order valence-corrected chi connectivity index (χ3v) is 5.64. The lowest BCUT2D eigenvalue weighted by Crippen LogP contribution is -2.53. The molecule has 2 N–H and O–H groups in total. The number of nitrogens with zero attached hydrogens (tertiary/aromatic N) is 1.